The van der Waals surface area contributed by atoms with Crippen LogP contribution in [0, 0.1) is 0 Å². The molecule has 2 aromatic carbocycles. The molecule has 3 atom stereocenters. The Hall–Kier alpha value is -2.63. The summed E-state index contributed by atoms with van der Waals surface area (Å²) in [6.45, 7) is 15.2. The molecule has 0 bridgehead atoms. The van der Waals surface area contributed by atoms with Gasteiger partial charge in [-0.3, -0.25) is 14.6 Å². The van der Waals surface area contributed by atoms with Crippen LogP contribution in [0.25, 0.3) is 0 Å². The van der Waals surface area contributed by atoms with Gasteiger partial charge in [-0.05, 0) is 70.0 Å². The fourth-order valence-electron chi connectivity index (χ4n) is 4.97. The third kappa shape index (κ3) is 5.89. The van der Waals surface area contributed by atoms with Crippen LogP contribution in [-0.4, -0.2) is 72.5 Å². The van der Waals surface area contributed by atoms with Gasteiger partial charge in [0.1, 0.15) is 5.75 Å². The molecule has 1 aliphatic heterocycles. The van der Waals surface area contributed by atoms with E-state index in [4.69, 9.17) is 4.74 Å². The molecule has 0 aromatic heterocycles. The molecule has 0 radical (unpaired) electrons. The molecule has 0 spiro atoms. The predicted octanol–water partition coefficient (Wildman–Crippen LogP) is 5.24. The van der Waals surface area contributed by atoms with Crippen molar-refractivity contribution < 1.29 is 9.53 Å². The van der Waals surface area contributed by atoms with Gasteiger partial charge in [0.2, 0.25) is 0 Å². The quantitative estimate of drug-likeness (QED) is 0.477. The Balaban J connectivity index is 1.96. The molecule has 0 aliphatic carbocycles. The molecule has 0 unspecified atom stereocenters. The maximum absolute atomic E-state index is 12.8. The summed E-state index contributed by atoms with van der Waals surface area (Å²) < 4.78 is 5.55. The number of hydrogen-bond donors (Lipinski definition) is 0. The average molecular weight is 464 g/mol. The van der Waals surface area contributed by atoms with Crippen LogP contribution in [0.2, 0.25) is 0 Å². The Bertz CT molecular complexity index is 952. The molecule has 3 rings (SSSR count). The monoisotopic (exact) mass is 463 g/mol. The van der Waals surface area contributed by atoms with Gasteiger partial charge in [-0.15, -0.1) is 0 Å². The second kappa shape index (κ2) is 12.2. The Kier molecular flexibility index (Phi) is 9.31. The molecule has 184 valence electrons. The summed E-state index contributed by atoms with van der Waals surface area (Å²) in [5, 5.41) is 0. The van der Waals surface area contributed by atoms with E-state index in [-0.39, 0.29) is 11.9 Å². The van der Waals surface area contributed by atoms with Crippen molar-refractivity contribution >= 4 is 5.91 Å². The molecule has 1 aliphatic rings. The van der Waals surface area contributed by atoms with Gasteiger partial charge in [0.15, 0.2) is 0 Å². The molecule has 34 heavy (non-hydrogen) atoms. The lowest BCUT2D eigenvalue weighted by atomic mass is 9.92. The zero-order valence-corrected chi connectivity index (χ0v) is 21.7. The van der Waals surface area contributed by atoms with Gasteiger partial charge < -0.3 is 9.64 Å². The van der Waals surface area contributed by atoms with E-state index >= 15 is 0 Å². The first-order valence-corrected chi connectivity index (χ1v) is 12.6. The Morgan fingerprint density at radius 3 is 2.38 bits per heavy atom. The number of benzene rings is 2. The number of amides is 1. The average Bonchev–Trinajstić information content (AvgIpc) is 2.86. The summed E-state index contributed by atoms with van der Waals surface area (Å²) in [4.78, 5) is 19.9. The molecule has 5 heteroatoms. The predicted molar refractivity (Wildman–Crippen MR) is 141 cm³/mol. The van der Waals surface area contributed by atoms with E-state index < -0.39 is 0 Å². The third-order valence-electron chi connectivity index (χ3n) is 7.00. The summed E-state index contributed by atoms with van der Waals surface area (Å²) in [6.07, 6.45) is 4.37. The first-order chi connectivity index (χ1) is 16.4. The van der Waals surface area contributed by atoms with Crippen LogP contribution in [0.4, 0.5) is 0 Å². The number of carbonyl (C=O) groups is 1. The molecule has 1 fully saturated rings. The van der Waals surface area contributed by atoms with Gasteiger partial charge >= 0.3 is 0 Å². The second-order valence-corrected chi connectivity index (χ2v) is 9.20. The summed E-state index contributed by atoms with van der Waals surface area (Å²) in [6, 6.07) is 17.5. The number of nitrogens with zero attached hydrogens (tertiary/aromatic N) is 3. The fraction of sp³-hybridized carbons (Fsp3) is 0.483. The van der Waals surface area contributed by atoms with Crippen LogP contribution in [0.1, 0.15) is 62.1 Å². The van der Waals surface area contributed by atoms with Gasteiger partial charge in [0.25, 0.3) is 5.91 Å². The number of carbonyl (C=O) groups excluding carboxylic acids is 1. The van der Waals surface area contributed by atoms with Crippen molar-refractivity contribution in [3.05, 3.63) is 77.4 Å². The topological polar surface area (TPSA) is 36.0 Å². The van der Waals surface area contributed by atoms with E-state index in [0.717, 1.165) is 44.0 Å². The Morgan fingerprint density at radius 1 is 1.06 bits per heavy atom. The molecular weight excluding hydrogens is 422 g/mol. The van der Waals surface area contributed by atoms with Crippen molar-refractivity contribution in [2.45, 2.75) is 52.7 Å². The van der Waals surface area contributed by atoms with E-state index in [0.29, 0.717) is 12.1 Å². The highest BCUT2D eigenvalue weighted by molar-refractivity contribution is 5.94. The van der Waals surface area contributed by atoms with Crippen molar-refractivity contribution in [2.24, 2.45) is 0 Å². The van der Waals surface area contributed by atoms with E-state index in [2.05, 4.69) is 73.1 Å². The standard InChI is InChI=1S/C29H41N3O2/c1-7-10-18-31-20-23(5)32(21-22(31)4)28(26-12-11-13-27(19-26)34-6)24-14-16-25(17-15-24)29(33)30(8-2)9-3/h7,10-17,19,22-23,28H,8-9,18,20-21H2,1-6H3/b10-7+/t22-,23+,28-/m0/s1. The number of piperazine rings is 1. The number of allylic oxidation sites excluding steroid dienone is 1. The summed E-state index contributed by atoms with van der Waals surface area (Å²) in [7, 11) is 1.71. The van der Waals surface area contributed by atoms with Crippen LogP contribution in [-0.2, 0) is 0 Å². The van der Waals surface area contributed by atoms with Crippen molar-refractivity contribution in [3.63, 3.8) is 0 Å². The highest BCUT2D eigenvalue weighted by Gasteiger charge is 2.34. The summed E-state index contributed by atoms with van der Waals surface area (Å²) in [5.74, 6) is 0.956. The SMILES string of the molecule is C/C=C/CN1C[C@@H](C)N([C@@H](c2ccc(C(=O)N(CC)CC)cc2)c2cccc(OC)c2)C[C@@H]1C. The van der Waals surface area contributed by atoms with Crippen LogP contribution < -0.4 is 4.74 Å². The molecule has 1 amide bonds. The second-order valence-electron chi connectivity index (χ2n) is 9.20. The lowest BCUT2D eigenvalue weighted by Gasteiger charge is -2.47. The van der Waals surface area contributed by atoms with Crippen molar-refractivity contribution in [1.82, 2.24) is 14.7 Å². The van der Waals surface area contributed by atoms with E-state index in [9.17, 15) is 4.79 Å². The first-order valence-electron chi connectivity index (χ1n) is 12.6. The Morgan fingerprint density at radius 2 is 1.76 bits per heavy atom. The highest BCUT2D eigenvalue weighted by Crippen LogP contribution is 2.35. The van der Waals surface area contributed by atoms with Gasteiger partial charge in [-0.2, -0.15) is 0 Å². The van der Waals surface area contributed by atoms with E-state index in [1.165, 1.54) is 11.1 Å². The van der Waals surface area contributed by atoms with Gasteiger partial charge in [-0.1, -0.05) is 36.4 Å². The minimum absolute atomic E-state index is 0.0917. The van der Waals surface area contributed by atoms with Gasteiger partial charge in [0, 0.05) is 50.4 Å². The summed E-state index contributed by atoms with van der Waals surface area (Å²) in [5.41, 5.74) is 3.16. The van der Waals surface area contributed by atoms with Crippen LogP contribution in [0.15, 0.2) is 60.7 Å². The molecule has 5 nitrogen and oxygen atoms in total. The maximum atomic E-state index is 12.8. The molecular formula is C29H41N3O2. The fourth-order valence-corrected chi connectivity index (χ4v) is 4.97. The van der Waals surface area contributed by atoms with Crippen LogP contribution in [0.3, 0.4) is 0 Å². The van der Waals surface area contributed by atoms with Gasteiger partial charge in [0.05, 0.1) is 13.2 Å². The molecule has 0 saturated carbocycles. The van der Waals surface area contributed by atoms with Crippen molar-refractivity contribution in [2.75, 3.05) is 39.8 Å². The molecule has 1 heterocycles. The maximum Gasteiger partial charge on any atom is 0.253 e. The number of hydrogen-bond acceptors (Lipinski definition) is 4. The smallest absolute Gasteiger partial charge is 0.253 e. The largest absolute Gasteiger partial charge is 0.497 e. The van der Waals surface area contributed by atoms with E-state index in [1.807, 2.05) is 36.9 Å². The lowest BCUT2D eigenvalue weighted by Crippen LogP contribution is -2.57. The van der Waals surface area contributed by atoms with Gasteiger partial charge in [-0.25, -0.2) is 0 Å². The highest BCUT2D eigenvalue weighted by atomic mass is 16.5. The number of ether oxygens (including phenoxy) is 1. The van der Waals surface area contributed by atoms with Crippen molar-refractivity contribution in [1.29, 1.82) is 0 Å². The minimum Gasteiger partial charge on any atom is -0.497 e. The van der Waals surface area contributed by atoms with Crippen molar-refractivity contribution in [3.8, 4) is 5.75 Å². The lowest BCUT2D eigenvalue weighted by molar-refractivity contribution is 0.0305. The van der Waals surface area contributed by atoms with E-state index in [1.54, 1.807) is 7.11 Å². The number of rotatable bonds is 9. The molecule has 1 saturated heterocycles. The Labute approximate surface area is 206 Å². The first kappa shape index (κ1) is 26.0. The zero-order valence-electron chi connectivity index (χ0n) is 21.7. The van der Waals surface area contributed by atoms with Crippen LogP contribution >= 0.6 is 0 Å². The zero-order chi connectivity index (χ0) is 24.7. The minimum atomic E-state index is 0.0917. The number of methoxy groups -OCH3 is 1. The molecule has 2 aromatic rings. The van der Waals surface area contributed by atoms with Crippen LogP contribution in [0.5, 0.6) is 5.75 Å². The third-order valence-corrected chi connectivity index (χ3v) is 7.00. The summed E-state index contributed by atoms with van der Waals surface area (Å²) >= 11 is 0. The normalized spacial score (nSPS) is 20.4. The molecule has 0 N–H and O–H groups in total.